The second kappa shape index (κ2) is 7.85. The van der Waals surface area contributed by atoms with Crippen LogP contribution in [-0.2, 0) is 9.53 Å². The summed E-state index contributed by atoms with van der Waals surface area (Å²) in [7, 11) is 4.38. The molecule has 0 bridgehead atoms. The van der Waals surface area contributed by atoms with Crippen LogP contribution < -0.4 is 14.2 Å². The summed E-state index contributed by atoms with van der Waals surface area (Å²) < 4.78 is 47.6. The molecule has 0 unspecified atom stereocenters. The number of aliphatic imine (C=N–C) groups is 1. The number of rotatable bonds is 5. The molecule has 0 saturated heterocycles. The van der Waals surface area contributed by atoms with Crippen LogP contribution in [0.4, 0.5) is 8.78 Å². The number of hydrogen-bond acceptors (Lipinski definition) is 6. The summed E-state index contributed by atoms with van der Waals surface area (Å²) in [6.07, 6.45) is 1.42. The van der Waals surface area contributed by atoms with Gasteiger partial charge in [0.15, 0.2) is 28.8 Å². The summed E-state index contributed by atoms with van der Waals surface area (Å²) in [4.78, 5) is 16.2. The number of carbonyl (C=O) groups is 1. The van der Waals surface area contributed by atoms with Gasteiger partial charge in [-0.2, -0.15) is 0 Å². The van der Waals surface area contributed by atoms with Gasteiger partial charge in [-0.1, -0.05) is 11.6 Å². The van der Waals surface area contributed by atoms with Crippen molar-refractivity contribution < 1.29 is 32.5 Å². The van der Waals surface area contributed by atoms with Crippen LogP contribution in [-0.4, -0.2) is 33.2 Å². The van der Waals surface area contributed by atoms with Gasteiger partial charge >= 0.3 is 5.97 Å². The van der Waals surface area contributed by atoms with E-state index in [1.165, 1.54) is 27.4 Å². The molecule has 0 spiro atoms. The Bertz CT molecular complexity index is 995. The van der Waals surface area contributed by atoms with Gasteiger partial charge in [0.05, 0.1) is 31.9 Å². The van der Waals surface area contributed by atoms with Crippen molar-refractivity contribution in [1.82, 2.24) is 0 Å². The quantitative estimate of drug-likeness (QED) is 0.424. The molecule has 3 rings (SSSR count). The average Bonchev–Trinajstić information content (AvgIpc) is 3.03. The van der Waals surface area contributed by atoms with Gasteiger partial charge in [0, 0.05) is 0 Å². The molecule has 0 amide bonds. The highest BCUT2D eigenvalue weighted by atomic mass is 35.5. The second-order valence-electron chi connectivity index (χ2n) is 5.54. The van der Waals surface area contributed by atoms with Gasteiger partial charge in [-0.25, -0.2) is 18.6 Å². The van der Waals surface area contributed by atoms with Gasteiger partial charge in [0.2, 0.25) is 11.6 Å². The highest BCUT2D eigenvalue weighted by molar-refractivity contribution is 6.34. The maximum atomic E-state index is 13.5. The maximum absolute atomic E-state index is 13.5. The molecule has 28 heavy (non-hydrogen) atoms. The van der Waals surface area contributed by atoms with Crippen molar-refractivity contribution in [2.24, 2.45) is 4.99 Å². The first-order chi connectivity index (χ1) is 13.4. The zero-order valence-corrected chi connectivity index (χ0v) is 15.8. The zero-order chi connectivity index (χ0) is 20.4. The molecule has 146 valence electrons. The average molecular weight is 410 g/mol. The molecule has 2 aromatic carbocycles. The first-order valence-corrected chi connectivity index (χ1v) is 8.23. The lowest BCUT2D eigenvalue weighted by Crippen LogP contribution is -2.07. The number of nitrogens with zero attached hydrogens (tertiary/aromatic N) is 1. The molecule has 9 heteroatoms. The predicted octanol–water partition coefficient (Wildman–Crippen LogP) is 3.99. The molecule has 1 heterocycles. The van der Waals surface area contributed by atoms with E-state index >= 15 is 0 Å². The molecule has 0 atom stereocenters. The van der Waals surface area contributed by atoms with Crippen LogP contribution in [0, 0.1) is 11.6 Å². The predicted molar refractivity (Wildman–Crippen MR) is 98.1 cm³/mol. The van der Waals surface area contributed by atoms with Crippen LogP contribution in [0.15, 0.2) is 35.0 Å². The number of esters is 1. The monoisotopic (exact) mass is 409 g/mol. The van der Waals surface area contributed by atoms with Gasteiger partial charge in [-0.15, -0.1) is 0 Å². The lowest BCUT2D eigenvalue weighted by atomic mass is 10.1. The number of carbonyl (C=O) groups excluding carboxylic acids is 1. The molecule has 0 fully saturated rings. The molecule has 0 aromatic heterocycles. The van der Waals surface area contributed by atoms with Gasteiger partial charge in [-0.3, -0.25) is 0 Å². The highest BCUT2D eigenvalue weighted by Crippen LogP contribution is 2.39. The molecule has 6 nitrogen and oxygen atoms in total. The van der Waals surface area contributed by atoms with Crippen molar-refractivity contribution >= 4 is 29.5 Å². The Labute approximate surface area is 163 Å². The van der Waals surface area contributed by atoms with Crippen molar-refractivity contribution in [2.75, 3.05) is 21.3 Å². The molecule has 0 N–H and O–H groups in total. The third kappa shape index (κ3) is 3.63. The molecular formula is C19H14ClF2NO5. The van der Waals surface area contributed by atoms with E-state index in [9.17, 15) is 13.6 Å². The lowest BCUT2D eigenvalue weighted by Gasteiger charge is -2.12. The minimum Gasteiger partial charge on any atom is -0.493 e. The summed E-state index contributed by atoms with van der Waals surface area (Å²) in [5.41, 5.74) is 0.412. The number of hydrogen-bond donors (Lipinski definition) is 0. The Morgan fingerprint density at radius 3 is 2.18 bits per heavy atom. The van der Waals surface area contributed by atoms with E-state index < -0.39 is 17.6 Å². The van der Waals surface area contributed by atoms with Crippen molar-refractivity contribution in [1.29, 1.82) is 0 Å². The Kier molecular flexibility index (Phi) is 5.51. The number of cyclic esters (lactones) is 1. The maximum Gasteiger partial charge on any atom is 0.363 e. The molecule has 1 aliphatic heterocycles. The van der Waals surface area contributed by atoms with Crippen molar-refractivity contribution in [3.05, 3.63) is 57.7 Å². The van der Waals surface area contributed by atoms with E-state index in [4.69, 9.17) is 30.5 Å². The fourth-order valence-electron chi connectivity index (χ4n) is 2.55. The topological polar surface area (TPSA) is 66.4 Å². The fraction of sp³-hybridized carbons (Fsp3) is 0.158. The lowest BCUT2D eigenvalue weighted by molar-refractivity contribution is -0.129. The van der Waals surface area contributed by atoms with Gasteiger partial charge < -0.3 is 18.9 Å². The van der Waals surface area contributed by atoms with E-state index in [1.54, 1.807) is 12.1 Å². The number of benzene rings is 2. The van der Waals surface area contributed by atoms with E-state index in [0.29, 0.717) is 22.8 Å². The number of ether oxygens (including phenoxy) is 4. The van der Waals surface area contributed by atoms with E-state index in [0.717, 1.165) is 12.1 Å². The summed E-state index contributed by atoms with van der Waals surface area (Å²) in [5.74, 6) is -2.11. The zero-order valence-electron chi connectivity index (χ0n) is 15.0. The first kappa shape index (κ1) is 19.6. The molecule has 0 aliphatic carbocycles. The van der Waals surface area contributed by atoms with Crippen molar-refractivity contribution in [2.45, 2.75) is 0 Å². The fourth-order valence-corrected chi connectivity index (χ4v) is 2.78. The van der Waals surface area contributed by atoms with Crippen LogP contribution in [0.25, 0.3) is 6.08 Å². The van der Waals surface area contributed by atoms with Gasteiger partial charge in [0.25, 0.3) is 0 Å². The van der Waals surface area contributed by atoms with Crippen LogP contribution in [0.2, 0.25) is 5.02 Å². The summed E-state index contributed by atoms with van der Waals surface area (Å²) in [5, 5.41) is -0.139. The number of methoxy groups -OCH3 is 3. The third-order valence-corrected chi connectivity index (χ3v) is 4.16. The van der Waals surface area contributed by atoms with Gasteiger partial charge in [0.1, 0.15) is 0 Å². The van der Waals surface area contributed by atoms with Crippen LogP contribution >= 0.6 is 11.6 Å². The number of halogens is 3. The normalized spacial score (nSPS) is 14.7. The second-order valence-corrected chi connectivity index (χ2v) is 5.95. The van der Waals surface area contributed by atoms with Crippen molar-refractivity contribution in [3.63, 3.8) is 0 Å². The first-order valence-electron chi connectivity index (χ1n) is 7.85. The van der Waals surface area contributed by atoms with E-state index in [1.807, 2.05) is 0 Å². The smallest absolute Gasteiger partial charge is 0.363 e. The SMILES string of the molecule is COc1cc(/C=C2\N=C(c3cc(F)c(F)cc3Cl)OC2=O)cc(OC)c1OC. The van der Waals surface area contributed by atoms with E-state index in [2.05, 4.69) is 4.99 Å². The Morgan fingerprint density at radius 2 is 1.61 bits per heavy atom. The Morgan fingerprint density at radius 1 is 1.00 bits per heavy atom. The largest absolute Gasteiger partial charge is 0.493 e. The molecule has 0 radical (unpaired) electrons. The summed E-state index contributed by atoms with van der Waals surface area (Å²) in [6.45, 7) is 0. The van der Waals surface area contributed by atoms with Crippen molar-refractivity contribution in [3.8, 4) is 17.2 Å². The molecule has 1 aliphatic rings. The molecule has 2 aromatic rings. The van der Waals surface area contributed by atoms with Crippen LogP contribution in [0.5, 0.6) is 17.2 Å². The Hall–Kier alpha value is -3.13. The summed E-state index contributed by atoms with van der Waals surface area (Å²) in [6, 6.07) is 4.81. The Balaban J connectivity index is 2.04. The minimum absolute atomic E-state index is 0.0396. The summed E-state index contributed by atoms with van der Waals surface area (Å²) >= 11 is 5.90. The van der Waals surface area contributed by atoms with Crippen LogP contribution in [0.3, 0.4) is 0 Å². The third-order valence-electron chi connectivity index (χ3n) is 3.85. The highest BCUT2D eigenvalue weighted by Gasteiger charge is 2.27. The molecule has 0 saturated carbocycles. The van der Waals surface area contributed by atoms with Crippen LogP contribution in [0.1, 0.15) is 11.1 Å². The minimum atomic E-state index is -1.14. The standard InChI is InChI=1S/C19H14ClF2NO5/c1-25-15-5-9(6-16(26-2)17(15)27-3)4-14-19(24)28-18(23-14)10-7-12(21)13(22)8-11(10)20/h4-8H,1-3H3/b14-4-. The van der Waals surface area contributed by atoms with E-state index in [-0.39, 0.29) is 22.2 Å². The molecular weight excluding hydrogens is 396 g/mol. The van der Waals surface area contributed by atoms with Gasteiger partial charge in [-0.05, 0) is 35.9 Å².